The standard InChI is InChI=1S/C10H18O/c1-8(2)7(11)9(3,4)10(8,5)6/h1-6H3. The fraction of sp³-hybridized carbons (Fsp3) is 0.900. The number of Topliss-reactive ketones (excluding diaryl/α,β-unsaturated/α-hetero) is 1. The zero-order chi connectivity index (χ0) is 9.08. The van der Waals surface area contributed by atoms with Crippen molar-refractivity contribution in [2.45, 2.75) is 41.5 Å². The van der Waals surface area contributed by atoms with Gasteiger partial charge in [-0.2, -0.15) is 0 Å². The molecule has 0 amide bonds. The van der Waals surface area contributed by atoms with Crippen LogP contribution in [0, 0.1) is 16.2 Å². The first kappa shape index (κ1) is 8.76. The zero-order valence-electron chi connectivity index (χ0n) is 8.41. The fourth-order valence-corrected chi connectivity index (χ4v) is 2.07. The summed E-state index contributed by atoms with van der Waals surface area (Å²) in [7, 11) is 0. The van der Waals surface area contributed by atoms with E-state index in [0.29, 0.717) is 5.78 Å². The molecule has 1 nitrogen and oxygen atoms in total. The van der Waals surface area contributed by atoms with Gasteiger partial charge in [0.25, 0.3) is 0 Å². The summed E-state index contributed by atoms with van der Waals surface area (Å²) in [5, 5.41) is 0. The van der Waals surface area contributed by atoms with Crippen LogP contribution in [0.1, 0.15) is 41.5 Å². The average Bonchev–Trinajstić information content (AvgIpc) is 1.84. The van der Waals surface area contributed by atoms with Crippen LogP contribution in [0.5, 0.6) is 0 Å². The van der Waals surface area contributed by atoms with Crippen molar-refractivity contribution in [3.63, 3.8) is 0 Å². The van der Waals surface area contributed by atoms with Gasteiger partial charge in [-0.1, -0.05) is 41.5 Å². The van der Waals surface area contributed by atoms with Crippen LogP contribution in [-0.4, -0.2) is 5.78 Å². The van der Waals surface area contributed by atoms with E-state index in [0.717, 1.165) is 0 Å². The van der Waals surface area contributed by atoms with E-state index in [4.69, 9.17) is 0 Å². The van der Waals surface area contributed by atoms with Gasteiger partial charge in [-0.15, -0.1) is 0 Å². The highest BCUT2D eigenvalue weighted by atomic mass is 16.1. The molecule has 1 aliphatic rings. The summed E-state index contributed by atoms with van der Waals surface area (Å²) < 4.78 is 0. The Bertz CT molecular complexity index is 189. The summed E-state index contributed by atoms with van der Waals surface area (Å²) in [6, 6.07) is 0. The minimum Gasteiger partial charge on any atom is -0.298 e. The highest BCUT2D eigenvalue weighted by molar-refractivity contribution is 5.97. The lowest BCUT2D eigenvalue weighted by molar-refractivity contribution is -0.184. The number of carbonyl (C=O) groups is 1. The van der Waals surface area contributed by atoms with E-state index in [1.807, 2.05) is 27.7 Å². The van der Waals surface area contributed by atoms with Crippen molar-refractivity contribution in [1.82, 2.24) is 0 Å². The lowest BCUT2D eigenvalue weighted by atomic mass is 9.39. The molecule has 64 valence electrons. The highest BCUT2D eigenvalue weighted by Gasteiger charge is 2.66. The Kier molecular flexibility index (Phi) is 1.36. The first-order valence-electron chi connectivity index (χ1n) is 4.20. The number of hydrogen-bond donors (Lipinski definition) is 0. The molecule has 0 atom stereocenters. The monoisotopic (exact) mass is 154 g/mol. The number of carbonyl (C=O) groups excluding carboxylic acids is 1. The van der Waals surface area contributed by atoms with E-state index in [1.54, 1.807) is 0 Å². The third-order valence-electron chi connectivity index (χ3n) is 4.26. The maximum atomic E-state index is 11.6. The normalized spacial score (nSPS) is 31.3. The molecule has 0 radical (unpaired) electrons. The van der Waals surface area contributed by atoms with Gasteiger partial charge in [-0.05, 0) is 5.41 Å². The summed E-state index contributed by atoms with van der Waals surface area (Å²) in [6.45, 7) is 12.5. The van der Waals surface area contributed by atoms with Crippen LogP contribution < -0.4 is 0 Å². The third kappa shape index (κ3) is 0.646. The van der Waals surface area contributed by atoms with E-state index < -0.39 is 0 Å². The fourth-order valence-electron chi connectivity index (χ4n) is 2.07. The molecule has 1 fully saturated rings. The maximum absolute atomic E-state index is 11.6. The van der Waals surface area contributed by atoms with Crippen molar-refractivity contribution in [2.24, 2.45) is 16.2 Å². The zero-order valence-corrected chi connectivity index (χ0v) is 8.41. The van der Waals surface area contributed by atoms with Crippen LogP contribution in [0.25, 0.3) is 0 Å². The second kappa shape index (κ2) is 1.70. The molecule has 11 heavy (non-hydrogen) atoms. The van der Waals surface area contributed by atoms with Crippen LogP contribution in [0.2, 0.25) is 0 Å². The molecule has 1 aliphatic carbocycles. The van der Waals surface area contributed by atoms with Gasteiger partial charge in [-0.3, -0.25) is 4.79 Å². The van der Waals surface area contributed by atoms with Gasteiger partial charge in [0.2, 0.25) is 0 Å². The first-order valence-corrected chi connectivity index (χ1v) is 4.20. The molecule has 0 aromatic heterocycles. The summed E-state index contributed by atoms with van der Waals surface area (Å²) in [6.07, 6.45) is 0. The van der Waals surface area contributed by atoms with E-state index >= 15 is 0 Å². The third-order valence-corrected chi connectivity index (χ3v) is 4.26. The summed E-state index contributed by atoms with van der Waals surface area (Å²) in [4.78, 5) is 11.6. The van der Waals surface area contributed by atoms with Gasteiger partial charge >= 0.3 is 0 Å². The van der Waals surface area contributed by atoms with Crippen molar-refractivity contribution < 1.29 is 4.79 Å². The molecule has 1 rings (SSSR count). The Morgan fingerprint density at radius 1 is 0.818 bits per heavy atom. The van der Waals surface area contributed by atoms with Gasteiger partial charge < -0.3 is 0 Å². The molecule has 1 saturated carbocycles. The summed E-state index contributed by atoms with van der Waals surface area (Å²) >= 11 is 0. The molecule has 0 spiro atoms. The Morgan fingerprint density at radius 2 is 1.09 bits per heavy atom. The van der Waals surface area contributed by atoms with Crippen LogP contribution in [0.15, 0.2) is 0 Å². The van der Waals surface area contributed by atoms with Crippen LogP contribution in [-0.2, 0) is 4.79 Å². The average molecular weight is 154 g/mol. The molecule has 0 heterocycles. The topological polar surface area (TPSA) is 17.1 Å². The van der Waals surface area contributed by atoms with Crippen LogP contribution in [0.4, 0.5) is 0 Å². The molecular formula is C10H18O. The molecule has 0 unspecified atom stereocenters. The largest absolute Gasteiger partial charge is 0.298 e. The minimum absolute atomic E-state index is 0.128. The van der Waals surface area contributed by atoms with E-state index in [2.05, 4.69) is 13.8 Å². The summed E-state index contributed by atoms with van der Waals surface area (Å²) in [5.41, 5.74) is -0.121. The van der Waals surface area contributed by atoms with Gasteiger partial charge in [0.15, 0.2) is 0 Å². The van der Waals surface area contributed by atoms with Crippen LogP contribution in [0.3, 0.4) is 0 Å². The lowest BCUT2D eigenvalue weighted by Crippen LogP contribution is -2.66. The number of hydrogen-bond acceptors (Lipinski definition) is 1. The van der Waals surface area contributed by atoms with Crippen molar-refractivity contribution in [3.8, 4) is 0 Å². The van der Waals surface area contributed by atoms with Crippen molar-refractivity contribution in [3.05, 3.63) is 0 Å². The lowest BCUT2D eigenvalue weighted by Gasteiger charge is -2.62. The highest BCUT2D eigenvalue weighted by Crippen LogP contribution is 2.64. The van der Waals surface area contributed by atoms with E-state index in [-0.39, 0.29) is 16.2 Å². The Morgan fingerprint density at radius 3 is 1.18 bits per heavy atom. The molecule has 1 heteroatoms. The SMILES string of the molecule is CC1(C)C(=O)C(C)(C)C1(C)C. The Hall–Kier alpha value is -0.330. The van der Waals surface area contributed by atoms with Gasteiger partial charge in [0, 0.05) is 10.8 Å². The van der Waals surface area contributed by atoms with Crippen molar-refractivity contribution in [2.75, 3.05) is 0 Å². The van der Waals surface area contributed by atoms with Gasteiger partial charge in [0.1, 0.15) is 5.78 Å². The number of rotatable bonds is 0. The second-order valence-electron chi connectivity index (χ2n) is 5.20. The predicted octanol–water partition coefficient (Wildman–Crippen LogP) is 2.65. The quantitative estimate of drug-likeness (QED) is 0.524. The Balaban J connectivity index is 3.08. The molecule has 0 bridgehead atoms. The smallest absolute Gasteiger partial charge is 0.145 e. The minimum atomic E-state index is -0.128. The first-order chi connectivity index (χ1) is 4.65. The molecular weight excluding hydrogens is 136 g/mol. The Labute approximate surface area is 69.2 Å². The van der Waals surface area contributed by atoms with Gasteiger partial charge in [-0.25, -0.2) is 0 Å². The van der Waals surface area contributed by atoms with E-state index in [9.17, 15) is 4.79 Å². The van der Waals surface area contributed by atoms with E-state index in [1.165, 1.54) is 0 Å². The maximum Gasteiger partial charge on any atom is 0.145 e. The molecule has 0 aliphatic heterocycles. The molecule has 0 aromatic carbocycles. The molecule has 0 aromatic rings. The second-order valence-corrected chi connectivity index (χ2v) is 5.20. The van der Waals surface area contributed by atoms with Gasteiger partial charge in [0.05, 0.1) is 0 Å². The number of ketones is 1. The van der Waals surface area contributed by atoms with Crippen LogP contribution >= 0.6 is 0 Å². The predicted molar refractivity (Wildman–Crippen MR) is 46.4 cm³/mol. The summed E-state index contributed by atoms with van der Waals surface area (Å²) in [5.74, 6) is 0.398. The molecule has 0 N–H and O–H groups in total. The molecule has 0 saturated heterocycles. The van der Waals surface area contributed by atoms with Crippen molar-refractivity contribution >= 4 is 5.78 Å². The van der Waals surface area contributed by atoms with Crippen molar-refractivity contribution in [1.29, 1.82) is 0 Å².